The summed E-state index contributed by atoms with van der Waals surface area (Å²) >= 11 is 0. The van der Waals surface area contributed by atoms with Gasteiger partial charge in [0.05, 0.1) is 0 Å². The van der Waals surface area contributed by atoms with Gasteiger partial charge in [0.15, 0.2) is 6.10 Å². The molecule has 0 fully saturated rings. The average Bonchev–Trinajstić information content (AvgIpc) is 2.46. The van der Waals surface area contributed by atoms with E-state index in [1.165, 1.54) is 6.47 Å². The Bertz CT molecular complexity index is 564. The number of ether oxygens (including phenoxy) is 1. The summed E-state index contributed by atoms with van der Waals surface area (Å²) in [5, 5.41) is 7.34. The van der Waals surface area contributed by atoms with E-state index in [9.17, 15) is 4.79 Å². The fraction of sp³-hybridized carbons (Fsp3) is 0.0667. The number of carbonyl (C=O) groups excluding carboxylic acids is 1. The maximum absolute atomic E-state index is 10.5. The van der Waals surface area contributed by atoms with Gasteiger partial charge < -0.3 is 10.5 Å². The first-order chi connectivity index (χ1) is 9.22. The predicted octanol–water partition coefficient (Wildman–Crippen LogP) is 2.14. The number of hydrogen-bond donors (Lipinski definition) is 2. The molecule has 2 aromatic carbocycles. The van der Waals surface area contributed by atoms with Crippen LogP contribution in [0.15, 0.2) is 54.6 Å². The monoisotopic (exact) mass is 253 g/mol. The summed E-state index contributed by atoms with van der Waals surface area (Å²) in [6.45, 7) is 1.49. The third-order valence-electron chi connectivity index (χ3n) is 2.79. The fourth-order valence-electron chi connectivity index (χ4n) is 1.84. The molecule has 0 aliphatic rings. The Morgan fingerprint density at radius 3 is 2.16 bits per heavy atom. The second-order valence-electron chi connectivity index (χ2n) is 4.03. The van der Waals surface area contributed by atoms with Gasteiger partial charge in [0.1, 0.15) is 5.84 Å². The number of nitrogens with one attached hydrogen (secondary N) is 1. The van der Waals surface area contributed by atoms with Crippen molar-refractivity contribution < 1.29 is 9.53 Å². The van der Waals surface area contributed by atoms with Gasteiger partial charge in [-0.2, -0.15) is 0 Å². The first kappa shape index (κ1) is 12.8. The van der Waals surface area contributed by atoms with Gasteiger partial charge in [0, 0.05) is 5.56 Å². The van der Waals surface area contributed by atoms with Crippen molar-refractivity contribution in [3.8, 4) is 0 Å². The van der Waals surface area contributed by atoms with E-state index in [4.69, 9.17) is 15.9 Å². The molecule has 1 radical (unpaired) electrons. The number of benzene rings is 2. The van der Waals surface area contributed by atoms with Crippen LogP contribution in [-0.4, -0.2) is 12.3 Å². The number of nitrogens with two attached hydrogens (primary N) is 1. The van der Waals surface area contributed by atoms with Gasteiger partial charge in [-0.05, 0) is 11.1 Å². The van der Waals surface area contributed by atoms with Gasteiger partial charge in [0.25, 0.3) is 0 Å². The third kappa shape index (κ3) is 2.98. The van der Waals surface area contributed by atoms with E-state index in [1.54, 1.807) is 24.3 Å². The SMILES string of the molecule is N=C(N)c1ccc(C(O[C]=O)c2ccccc2)cc1. The van der Waals surface area contributed by atoms with E-state index in [0.29, 0.717) is 5.56 Å². The maximum atomic E-state index is 10.5. The summed E-state index contributed by atoms with van der Waals surface area (Å²) in [5.41, 5.74) is 7.70. The average molecular weight is 253 g/mol. The van der Waals surface area contributed by atoms with Crippen LogP contribution in [0.2, 0.25) is 0 Å². The molecule has 19 heavy (non-hydrogen) atoms. The molecule has 3 N–H and O–H groups in total. The second kappa shape index (κ2) is 5.82. The van der Waals surface area contributed by atoms with Crippen LogP contribution in [0.1, 0.15) is 22.8 Å². The lowest BCUT2D eigenvalue weighted by atomic mass is 10.00. The topological polar surface area (TPSA) is 76.2 Å². The summed E-state index contributed by atoms with van der Waals surface area (Å²) < 4.78 is 5.02. The second-order valence-corrected chi connectivity index (χ2v) is 4.03. The van der Waals surface area contributed by atoms with Crippen LogP contribution in [0, 0.1) is 5.41 Å². The smallest absolute Gasteiger partial charge is 0.418 e. The molecule has 0 aliphatic heterocycles. The van der Waals surface area contributed by atoms with Crippen LogP contribution in [0.4, 0.5) is 0 Å². The van der Waals surface area contributed by atoms with E-state index in [1.807, 2.05) is 30.3 Å². The first-order valence-electron chi connectivity index (χ1n) is 5.74. The van der Waals surface area contributed by atoms with Gasteiger partial charge >= 0.3 is 6.47 Å². The van der Waals surface area contributed by atoms with Gasteiger partial charge in [-0.25, -0.2) is 4.79 Å². The maximum Gasteiger partial charge on any atom is 0.418 e. The Labute approximate surface area is 111 Å². The molecule has 4 nitrogen and oxygen atoms in total. The van der Waals surface area contributed by atoms with Crippen molar-refractivity contribution in [3.63, 3.8) is 0 Å². The summed E-state index contributed by atoms with van der Waals surface area (Å²) in [4.78, 5) is 10.5. The quantitative estimate of drug-likeness (QED) is 0.633. The number of amidine groups is 1. The lowest BCUT2D eigenvalue weighted by molar-refractivity contribution is 0.216. The summed E-state index contributed by atoms with van der Waals surface area (Å²) in [5.74, 6) is 0.00526. The van der Waals surface area contributed by atoms with E-state index >= 15 is 0 Å². The van der Waals surface area contributed by atoms with Crippen molar-refractivity contribution in [2.45, 2.75) is 6.10 Å². The van der Waals surface area contributed by atoms with Crippen LogP contribution < -0.4 is 5.73 Å². The molecule has 0 amide bonds. The molecule has 0 aromatic heterocycles. The highest BCUT2D eigenvalue weighted by Crippen LogP contribution is 2.25. The normalized spacial score (nSPS) is 11.6. The highest BCUT2D eigenvalue weighted by Gasteiger charge is 2.15. The van der Waals surface area contributed by atoms with Gasteiger partial charge in [0.2, 0.25) is 0 Å². The summed E-state index contributed by atoms with van der Waals surface area (Å²) in [7, 11) is 0. The Morgan fingerprint density at radius 1 is 1.05 bits per heavy atom. The molecule has 2 aromatic rings. The molecule has 2 rings (SSSR count). The van der Waals surface area contributed by atoms with Crippen LogP contribution in [-0.2, 0) is 9.53 Å². The van der Waals surface area contributed by atoms with Crippen LogP contribution in [0.3, 0.4) is 0 Å². The molecule has 1 atom stereocenters. The van der Waals surface area contributed by atoms with Crippen molar-refractivity contribution >= 4 is 12.3 Å². The molecule has 95 valence electrons. The minimum atomic E-state index is -0.500. The Morgan fingerprint density at radius 2 is 1.63 bits per heavy atom. The molecule has 0 aliphatic carbocycles. The van der Waals surface area contributed by atoms with E-state index in [-0.39, 0.29) is 5.84 Å². The predicted molar refractivity (Wildman–Crippen MR) is 72.5 cm³/mol. The first-order valence-corrected chi connectivity index (χ1v) is 5.74. The Kier molecular flexibility index (Phi) is 3.93. The van der Waals surface area contributed by atoms with Gasteiger partial charge in [-0.3, -0.25) is 5.41 Å². The van der Waals surface area contributed by atoms with Crippen molar-refractivity contribution in [2.75, 3.05) is 0 Å². The van der Waals surface area contributed by atoms with Crippen molar-refractivity contribution in [3.05, 3.63) is 71.3 Å². The van der Waals surface area contributed by atoms with E-state index in [2.05, 4.69) is 0 Å². The van der Waals surface area contributed by atoms with Crippen molar-refractivity contribution in [1.29, 1.82) is 5.41 Å². The fourth-order valence-corrected chi connectivity index (χ4v) is 1.84. The highest BCUT2D eigenvalue weighted by atomic mass is 16.5. The Balaban J connectivity index is 2.34. The molecule has 0 heterocycles. The van der Waals surface area contributed by atoms with Crippen LogP contribution in [0.25, 0.3) is 0 Å². The molecule has 0 spiro atoms. The lowest BCUT2D eigenvalue weighted by Gasteiger charge is -2.15. The molecule has 4 heteroatoms. The van der Waals surface area contributed by atoms with Gasteiger partial charge in [-0.1, -0.05) is 54.6 Å². The zero-order chi connectivity index (χ0) is 13.7. The molecular weight excluding hydrogens is 240 g/mol. The van der Waals surface area contributed by atoms with Crippen LogP contribution >= 0.6 is 0 Å². The van der Waals surface area contributed by atoms with E-state index in [0.717, 1.165) is 11.1 Å². The lowest BCUT2D eigenvalue weighted by Crippen LogP contribution is -2.11. The molecule has 1 unspecified atom stereocenters. The minimum absolute atomic E-state index is 0.00526. The molecular formula is C15H13N2O2. The minimum Gasteiger partial charge on any atom is -0.444 e. The molecule has 0 bridgehead atoms. The van der Waals surface area contributed by atoms with Crippen LogP contribution in [0.5, 0.6) is 0 Å². The summed E-state index contributed by atoms with van der Waals surface area (Å²) in [6.07, 6.45) is -0.500. The summed E-state index contributed by atoms with van der Waals surface area (Å²) in [6, 6.07) is 16.4. The zero-order valence-corrected chi connectivity index (χ0v) is 10.2. The largest absolute Gasteiger partial charge is 0.444 e. The van der Waals surface area contributed by atoms with E-state index < -0.39 is 6.10 Å². The number of rotatable bonds is 5. The molecule has 0 saturated carbocycles. The van der Waals surface area contributed by atoms with Crippen molar-refractivity contribution in [1.82, 2.24) is 0 Å². The van der Waals surface area contributed by atoms with Gasteiger partial charge in [-0.15, -0.1) is 0 Å². The number of nitrogen functional groups attached to an aromatic ring is 1. The number of hydrogen-bond acceptors (Lipinski definition) is 3. The third-order valence-corrected chi connectivity index (χ3v) is 2.79. The standard InChI is InChI=1S/C15H13N2O2/c16-15(17)13-8-6-12(7-9-13)14(19-10-18)11-4-2-1-3-5-11/h1-9,14H,(H3,16,17). The molecule has 0 saturated heterocycles. The van der Waals surface area contributed by atoms with Crippen molar-refractivity contribution in [2.24, 2.45) is 5.73 Å². The highest BCUT2D eigenvalue weighted by molar-refractivity contribution is 5.94. The zero-order valence-electron chi connectivity index (χ0n) is 10.2. The Hall–Kier alpha value is -2.62.